The van der Waals surface area contributed by atoms with Crippen molar-refractivity contribution in [3.63, 3.8) is 0 Å². The number of hydrogen-bond donors (Lipinski definition) is 2. The normalized spacial score (nSPS) is 29.7. The van der Waals surface area contributed by atoms with Crippen LogP contribution < -0.4 is 0 Å². The van der Waals surface area contributed by atoms with Crippen molar-refractivity contribution in [2.75, 3.05) is 0 Å². The summed E-state index contributed by atoms with van der Waals surface area (Å²) in [6, 6.07) is 0. The van der Waals surface area contributed by atoms with Gasteiger partial charge in [0.25, 0.3) is 0 Å². The fourth-order valence-corrected chi connectivity index (χ4v) is 1.19. The molecule has 1 heterocycles. The van der Waals surface area contributed by atoms with Crippen molar-refractivity contribution in [1.29, 1.82) is 0 Å². The second kappa shape index (κ2) is 3.53. The maximum atomic E-state index is 10.4. The summed E-state index contributed by atoms with van der Waals surface area (Å²) in [5.74, 6) is -2.16. The summed E-state index contributed by atoms with van der Waals surface area (Å²) < 4.78 is 4.81. The molecule has 0 aromatic carbocycles. The average molecular weight is 174 g/mol. The predicted octanol–water partition coefficient (Wildman–Crippen LogP) is 0.0933. The van der Waals surface area contributed by atoms with Crippen molar-refractivity contribution in [3.8, 4) is 0 Å². The van der Waals surface area contributed by atoms with E-state index in [4.69, 9.17) is 14.9 Å². The van der Waals surface area contributed by atoms with E-state index in [1.54, 1.807) is 0 Å². The summed E-state index contributed by atoms with van der Waals surface area (Å²) in [5, 5.41) is 17.0. The highest BCUT2D eigenvalue weighted by Crippen LogP contribution is 2.19. The van der Waals surface area contributed by atoms with Crippen LogP contribution in [0.1, 0.15) is 19.3 Å². The Morgan fingerprint density at radius 2 is 1.50 bits per heavy atom. The highest BCUT2D eigenvalue weighted by Gasteiger charge is 2.31. The van der Waals surface area contributed by atoms with Crippen LogP contribution in [0.2, 0.25) is 0 Å². The van der Waals surface area contributed by atoms with Crippen molar-refractivity contribution in [2.24, 2.45) is 0 Å². The van der Waals surface area contributed by atoms with E-state index in [1.165, 1.54) is 0 Å². The predicted molar refractivity (Wildman–Crippen MR) is 37.8 cm³/mol. The molecule has 2 unspecified atom stereocenters. The lowest BCUT2D eigenvalue weighted by Gasteiger charge is -2.24. The van der Waals surface area contributed by atoms with Gasteiger partial charge in [-0.15, -0.1) is 0 Å². The molecule has 0 aliphatic carbocycles. The van der Waals surface area contributed by atoms with E-state index in [0.29, 0.717) is 19.3 Å². The zero-order chi connectivity index (χ0) is 9.14. The van der Waals surface area contributed by atoms with Gasteiger partial charge in [0.15, 0.2) is 12.2 Å². The van der Waals surface area contributed by atoms with Crippen LogP contribution in [0.4, 0.5) is 0 Å². The van der Waals surface area contributed by atoms with E-state index in [1.807, 2.05) is 0 Å². The van der Waals surface area contributed by atoms with Crippen molar-refractivity contribution in [1.82, 2.24) is 0 Å². The molecule has 0 radical (unpaired) electrons. The van der Waals surface area contributed by atoms with Gasteiger partial charge in [-0.25, -0.2) is 9.59 Å². The molecule has 0 saturated carbocycles. The van der Waals surface area contributed by atoms with E-state index in [2.05, 4.69) is 0 Å². The highest BCUT2D eigenvalue weighted by molar-refractivity contribution is 5.75. The lowest BCUT2D eigenvalue weighted by Crippen LogP contribution is -2.37. The third kappa shape index (κ3) is 1.94. The fourth-order valence-electron chi connectivity index (χ4n) is 1.19. The second-order valence-electron chi connectivity index (χ2n) is 2.72. The van der Waals surface area contributed by atoms with Gasteiger partial charge in [-0.1, -0.05) is 0 Å². The van der Waals surface area contributed by atoms with E-state index >= 15 is 0 Å². The second-order valence-corrected chi connectivity index (χ2v) is 2.72. The average Bonchev–Trinajstić information content (AvgIpc) is 2.04. The van der Waals surface area contributed by atoms with Gasteiger partial charge in [-0.3, -0.25) is 0 Å². The summed E-state index contributed by atoms with van der Waals surface area (Å²) in [7, 11) is 0. The first-order valence-electron chi connectivity index (χ1n) is 3.72. The molecule has 1 saturated heterocycles. The molecule has 12 heavy (non-hydrogen) atoms. The van der Waals surface area contributed by atoms with E-state index in [9.17, 15) is 9.59 Å². The molecule has 0 aromatic heterocycles. The molecule has 68 valence electrons. The number of carboxylic acids is 2. The van der Waals surface area contributed by atoms with Crippen LogP contribution in [0.5, 0.6) is 0 Å². The molecule has 1 rings (SSSR count). The molecule has 5 nitrogen and oxygen atoms in total. The van der Waals surface area contributed by atoms with Gasteiger partial charge in [0.1, 0.15) is 0 Å². The van der Waals surface area contributed by atoms with Crippen molar-refractivity contribution < 1.29 is 24.5 Å². The van der Waals surface area contributed by atoms with Gasteiger partial charge >= 0.3 is 11.9 Å². The summed E-state index contributed by atoms with van der Waals surface area (Å²) in [6.07, 6.45) is -0.494. The minimum absolute atomic E-state index is 0.402. The summed E-state index contributed by atoms with van der Waals surface area (Å²) >= 11 is 0. The number of carboxylic acid groups (broad SMARTS) is 2. The first-order chi connectivity index (χ1) is 5.61. The SMILES string of the molecule is O=C(O)C1CCCC(C(=O)O)O1. The zero-order valence-corrected chi connectivity index (χ0v) is 6.40. The molecular weight excluding hydrogens is 164 g/mol. The van der Waals surface area contributed by atoms with Gasteiger partial charge in [0.05, 0.1) is 0 Å². The molecule has 5 heteroatoms. The fraction of sp³-hybridized carbons (Fsp3) is 0.714. The topological polar surface area (TPSA) is 83.8 Å². The number of rotatable bonds is 2. The van der Waals surface area contributed by atoms with Crippen LogP contribution in [0.3, 0.4) is 0 Å². The van der Waals surface area contributed by atoms with E-state index in [0.717, 1.165) is 0 Å². The molecule has 2 atom stereocenters. The summed E-state index contributed by atoms with van der Waals surface area (Å²) in [5.41, 5.74) is 0. The smallest absolute Gasteiger partial charge is 0.332 e. The van der Waals surface area contributed by atoms with Crippen molar-refractivity contribution >= 4 is 11.9 Å². The Kier molecular flexibility index (Phi) is 2.65. The van der Waals surface area contributed by atoms with Gasteiger partial charge in [-0.05, 0) is 19.3 Å². The Hall–Kier alpha value is -1.10. The molecule has 1 fully saturated rings. The van der Waals surface area contributed by atoms with Gasteiger partial charge in [0.2, 0.25) is 0 Å². The molecule has 1 aliphatic heterocycles. The highest BCUT2D eigenvalue weighted by atomic mass is 16.5. The Morgan fingerprint density at radius 1 is 1.08 bits per heavy atom. The Balaban J connectivity index is 2.51. The van der Waals surface area contributed by atoms with Crippen LogP contribution in [0, 0.1) is 0 Å². The van der Waals surface area contributed by atoms with Crippen LogP contribution in [-0.4, -0.2) is 34.4 Å². The molecule has 0 bridgehead atoms. The number of hydrogen-bond acceptors (Lipinski definition) is 3. The lowest BCUT2D eigenvalue weighted by molar-refractivity contribution is -0.170. The lowest BCUT2D eigenvalue weighted by atomic mass is 10.0. The Bertz CT molecular complexity index is 180. The number of ether oxygens (including phenoxy) is 1. The summed E-state index contributed by atoms with van der Waals surface area (Å²) in [4.78, 5) is 20.8. The third-order valence-electron chi connectivity index (χ3n) is 1.81. The van der Waals surface area contributed by atoms with Crippen molar-refractivity contribution in [2.45, 2.75) is 31.5 Å². The first kappa shape index (κ1) is 8.99. The van der Waals surface area contributed by atoms with E-state index < -0.39 is 24.1 Å². The number of aliphatic carboxylic acids is 2. The van der Waals surface area contributed by atoms with E-state index in [-0.39, 0.29) is 0 Å². The maximum Gasteiger partial charge on any atom is 0.332 e. The van der Waals surface area contributed by atoms with Crippen LogP contribution in [0.15, 0.2) is 0 Å². The standard InChI is InChI=1S/C7H10O5/c8-6(9)4-2-1-3-5(12-4)7(10)11/h4-5H,1-3H2,(H,8,9)(H,10,11). The molecule has 0 amide bonds. The molecule has 0 aromatic rings. The molecule has 0 spiro atoms. The van der Waals surface area contributed by atoms with Crippen molar-refractivity contribution in [3.05, 3.63) is 0 Å². The van der Waals surface area contributed by atoms with Crippen LogP contribution >= 0.6 is 0 Å². The quantitative estimate of drug-likeness (QED) is 0.620. The molecule has 1 aliphatic rings. The first-order valence-corrected chi connectivity index (χ1v) is 3.72. The monoisotopic (exact) mass is 174 g/mol. The van der Waals surface area contributed by atoms with Gasteiger partial charge < -0.3 is 14.9 Å². The minimum Gasteiger partial charge on any atom is -0.479 e. The minimum atomic E-state index is -1.08. The van der Waals surface area contributed by atoms with Crippen LogP contribution in [0.25, 0.3) is 0 Å². The molecule has 2 N–H and O–H groups in total. The maximum absolute atomic E-state index is 10.4. The zero-order valence-electron chi connectivity index (χ0n) is 6.40. The molecular formula is C7H10O5. The Morgan fingerprint density at radius 3 is 1.83 bits per heavy atom. The largest absolute Gasteiger partial charge is 0.479 e. The van der Waals surface area contributed by atoms with Gasteiger partial charge in [-0.2, -0.15) is 0 Å². The summed E-state index contributed by atoms with van der Waals surface area (Å²) in [6.45, 7) is 0. The Labute approximate surface area is 68.9 Å². The van der Waals surface area contributed by atoms with Gasteiger partial charge in [0, 0.05) is 0 Å². The van der Waals surface area contributed by atoms with Crippen LogP contribution in [-0.2, 0) is 14.3 Å². The third-order valence-corrected chi connectivity index (χ3v) is 1.81. The number of carbonyl (C=O) groups is 2.